The fraction of sp³-hybridized carbons (Fsp3) is 0.524. The van der Waals surface area contributed by atoms with E-state index in [2.05, 4.69) is 5.32 Å². The molecule has 1 heterocycles. The standard InChI is InChI=1S/C21H26F3NO5/c1-12(2)10-16(25-19(27)30-20(3,4)5)17(26)14-7-6-13(21(22,23)24)11-15(14)18-28-8-9-29-18/h6-9,11-12,16,18H,10H2,1-5H3,(H,25,27)/t16-/m1/s1. The number of halogens is 3. The summed E-state index contributed by atoms with van der Waals surface area (Å²) in [5.41, 5.74) is -1.81. The summed E-state index contributed by atoms with van der Waals surface area (Å²) < 4.78 is 55.1. The van der Waals surface area contributed by atoms with Crippen LogP contribution in [0.25, 0.3) is 0 Å². The van der Waals surface area contributed by atoms with Crippen LogP contribution >= 0.6 is 0 Å². The smallest absolute Gasteiger partial charge is 0.416 e. The first kappa shape index (κ1) is 23.6. The van der Waals surface area contributed by atoms with E-state index in [9.17, 15) is 22.8 Å². The quantitative estimate of drug-likeness (QED) is 0.618. The maximum atomic E-state index is 13.2. The van der Waals surface area contributed by atoms with Gasteiger partial charge in [0.05, 0.1) is 11.6 Å². The van der Waals surface area contributed by atoms with Crippen LogP contribution in [0.3, 0.4) is 0 Å². The molecule has 0 aliphatic carbocycles. The summed E-state index contributed by atoms with van der Waals surface area (Å²) in [5.74, 6) is -0.537. The molecule has 9 heteroatoms. The molecule has 1 aromatic carbocycles. The summed E-state index contributed by atoms with van der Waals surface area (Å²) in [6.07, 6.45) is -3.94. The van der Waals surface area contributed by atoms with E-state index in [-0.39, 0.29) is 23.5 Å². The Morgan fingerprint density at radius 2 is 1.73 bits per heavy atom. The topological polar surface area (TPSA) is 73.9 Å². The molecule has 1 amide bonds. The van der Waals surface area contributed by atoms with Crippen LogP contribution in [0.15, 0.2) is 30.7 Å². The zero-order valence-electron chi connectivity index (χ0n) is 17.5. The number of hydrogen-bond acceptors (Lipinski definition) is 5. The number of Topliss-reactive ketones (excluding diaryl/α,β-unsaturated/α-hetero) is 1. The molecule has 0 unspecified atom stereocenters. The van der Waals surface area contributed by atoms with E-state index in [0.29, 0.717) is 0 Å². The highest BCUT2D eigenvalue weighted by Crippen LogP contribution is 2.35. The first-order valence-electron chi connectivity index (χ1n) is 9.48. The minimum atomic E-state index is -4.60. The van der Waals surface area contributed by atoms with Crippen LogP contribution in [0.4, 0.5) is 18.0 Å². The van der Waals surface area contributed by atoms with Crippen molar-refractivity contribution in [2.24, 2.45) is 5.92 Å². The van der Waals surface area contributed by atoms with E-state index < -0.39 is 41.5 Å². The average molecular weight is 429 g/mol. The fourth-order valence-electron chi connectivity index (χ4n) is 2.88. The number of ketones is 1. The van der Waals surface area contributed by atoms with Gasteiger partial charge in [0.2, 0.25) is 0 Å². The lowest BCUT2D eigenvalue weighted by Crippen LogP contribution is -2.44. The Balaban J connectivity index is 2.39. The first-order valence-corrected chi connectivity index (χ1v) is 9.48. The summed E-state index contributed by atoms with van der Waals surface area (Å²) >= 11 is 0. The van der Waals surface area contributed by atoms with Crippen molar-refractivity contribution in [2.75, 3.05) is 0 Å². The number of rotatable bonds is 6. The second-order valence-corrected chi connectivity index (χ2v) is 8.37. The number of ether oxygens (including phenoxy) is 3. The van der Waals surface area contributed by atoms with E-state index >= 15 is 0 Å². The van der Waals surface area contributed by atoms with Gasteiger partial charge < -0.3 is 19.5 Å². The van der Waals surface area contributed by atoms with Gasteiger partial charge in [-0.05, 0) is 45.2 Å². The van der Waals surface area contributed by atoms with Gasteiger partial charge in [-0.1, -0.05) is 19.9 Å². The van der Waals surface area contributed by atoms with Gasteiger partial charge in [-0.3, -0.25) is 4.79 Å². The number of nitrogens with one attached hydrogen (secondary N) is 1. The van der Waals surface area contributed by atoms with E-state index in [1.807, 2.05) is 13.8 Å². The van der Waals surface area contributed by atoms with Crippen molar-refractivity contribution in [2.45, 2.75) is 65.1 Å². The average Bonchev–Trinajstić information content (AvgIpc) is 3.11. The number of alkyl halides is 3. The molecule has 1 aromatic rings. The van der Waals surface area contributed by atoms with Gasteiger partial charge in [0.15, 0.2) is 5.78 Å². The second kappa shape index (κ2) is 8.97. The van der Waals surface area contributed by atoms with Crippen molar-refractivity contribution in [3.63, 3.8) is 0 Å². The Labute approximate surface area is 173 Å². The van der Waals surface area contributed by atoms with Gasteiger partial charge >= 0.3 is 12.3 Å². The molecule has 1 atom stereocenters. The zero-order chi connectivity index (χ0) is 22.7. The van der Waals surface area contributed by atoms with Crippen LogP contribution in [0, 0.1) is 5.92 Å². The van der Waals surface area contributed by atoms with Crippen molar-refractivity contribution in [3.05, 3.63) is 47.4 Å². The molecular formula is C21H26F3NO5. The highest BCUT2D eigenvalue weighted by atomic mass is 19.4. The van der Waals surface area contributed by atoms with Crippen LogP contribution in [0.5, 0.6) is 0 Å². The molecule has 0 bridgehead atoms. The molecule has 1 aliphatic heterocycles. The number of hydrogen-bond donors (Lipinski definition) is 1. The van der Waals surface area contributed by atoms with Crippen LogP contribution in [0.1, 0.15) is 68.8 Å². The third-order valence-corrected chi connectivity index (χ3v) is 4.07. The van der Waals surface area contributed by atoms with E-state index in [0.717, 1.165) is 18.2 Å². The molecule has 0 spiro atoms. The Bertz CT molecular complexity index is 804. The zero-order valence-corrected chi connectivity index (χ0v) is 17.5. The molecule has 0 radical (unpaired) electrons. The van der Waals surface area contributed by atoms with Crippen LogP contribution < -0.4 is 5.32 Å². The molecule has 0 saturated heterocycles. The molecule has 2 rings (SSSR count). The Kier molecular flexibility index (Phi) is 7.05. The van der Waals surface area contributed by atoms with Crippen molar-refractivity contribution < 1.29 is 37.0 Å². The minimum Gasteiger partial charge on any atom is -0.455 e. The molecule has 0 aromatic heterocycles. The first-order chi connectivity index (χ1) is 13.8. The van der Waals surface area contributed by atoms with E-state index in [4.69, 9.17) is 14.2 Å². The summed E-state index contributed by atoms with van der Waals surface area (Å²) in [4.78, 5) is 25.5. The number of benzene rings is 1. The molecule has 166 valence electrons. The molecule has 6 nitrogen and oxygen atoms in total. The van der Waals surface area contributed by atoms with Crippen molar-refractivity contribution in [1.82, 2.24) is 5.32 Å². The van der Waals surface area contributed by atoms with E-state index in [1.165, 1.54) is 12.5 Å². The Hall–Kier alpha value is -2.71. The Morgan fingerprint density at radius 3 is 2.23 bits per heavy atom. The van der Waals surface area contributed by atoms with Gasteiger partial charge in [0.1, 0.15) is 18.1 Å². The monoisotopic (exact) mass is 429 g/mol. The van der Waals surface area contributed by atoms with E-state index in [1.54, 1.807) is 20.8 Å². The summed E-state index contributed by atoms with van der Waals surface area (Å²) in [6.45, 7) is 8.76. The third-order valence-electron chi connectivity index (χ3n) is 4.07. The maximum absolute atomic E-state index is 13.2. The van der Waals surface area contributed by atoms with Gasteiger partial charge in [-0.15, -0.1) is 0 Å². The number of carbonyl (C=O) groups is 2. The SMILES string of the molecule is CC(C)C[C@@H](NC(=O)OC(C)(C)C)C(=O)c1ccc(C(F)(F)F)cc1C1OC=CO1. The minimum absolute atomic E-state index is 0.0208. The molecule has 0 saturated carbocycles. The maximum Gasteiger partial charge on any atom is 0.416 e. The lowest BCUT2D eigenvalue weighted by molar-refractivity contribution is -0.137. The molecule has 0 fully saturated rings. The molecule has 30 heavy (non-hydrogen) atoms. The van der Waals surface area contributed by atoms with Crippen molar-refractivity contribution in [3.8, 4) is 0 Å². The van der Waals surface area contributed by atoms with Crippen LogP contribution in [-0.2, 0) is 20.4 Å². The largest absolute Gasteiger partial charge is 0.455 e. The predicted octanol–water partition coefficient (Wildman–Crippen LogP) is 5.34. The van der Waals surface area contributed by atoms with Gasteiger partial charge in [-0.25, -0.2) is 4.79 Å². The van der Waals surface area contributed by atoms with Gasteiger partial charge in [0, 0.05) is 11.1 Å². The highest BCUT2D eigenvalue weighted by molar-refractivity contribution is 6.02. The normalized spacial score (nSPS) is 15.5. The van der Waals surface area contributed by atoms with Gasteiger partial charge in [-0.2, -0.15) is 13.2 Å². The number of amides is 1. The van der Waals surface area contributed by atoms with Crippen LogP contribution in [0.2, 0.25) is 0 Å². The fourth-order valence-corrected chi connectivity index (χ4v) is 2.88. The number of alkyl carbamates (subject to hydrolysis) is 1. The Morgan fingerprint density at radius 1 is 1.13 bits per heavy atom. The van der Waals surface area contributed by atoms with Crippen LogP contribution in [-0.4, -0.2) is 23.5 Å². The molecule has 1 aliphatic rings. The lowest BCUT2D eigenvalue weighted by Gasteiger charge is -2.25. The molecule has 1 N–H and O–H groups in total. The number of carbonyl (C=O) groups excluding carboxylic acids is 2. The predicted molar refractivity (Wildman–Crippen MR) is 102 cm³/mol. The van der Waals surface area contributed by atoms with Crippen molar-refractivity contribution in [1.29, 1.82) is 0 Å². The lowest BCUT2D eigenvalue weighted by atomic mass is 9.92. The summed E-state index contributed by atoms with van der Waals surface area (Å²) in [5, 5.41) is 2.54. The second-order valence-electron chi connectivity index (χ2n) is 8.37. The third kappa shape index (κ3) is 6.40. The summed E-state index contributed by atoms with van der Waals surface area (Å²) in [7, 11) is 0. The van der Waals surface area contributed by atoms with Crippen molar-refractivity contribution >= 4 is 11.9 Å². The van der Waals surface area contributed by atoms with Gasteiger partial charge in [0.25, 0.3) is 6.29 Å². The molecular weight excluding hydrogens is 403 g/mol. The summed E-state index contributed by atoms with van der Waals surface area (Å²) in [6, 6.07) is 1.73. The highest BCUT2D eigenvalue weighted by Gasteiger charge is 2.35.